The van der Waals surface area contributed by atoms with Crippen molar-refractivity contribution in [3.8, 4) is 0 Å². The number of rotatable bonds is 7. The lowest BCUT2D eigenvalue weighted by Crippen LogP contribution is -2.48. The predicted molar refractivity (Wildman–Crippen MR) is 129 cm³/mol. The summed E-state index contributed by atoms with van der Waals surface area (Å²) in [6.07, 6.45) is 7.12. The summed E-state index contributed by atoms with van der Waals surface area (Å²) in [7, 11) is 1.84. The van der Waals surface area contributed by atoms with Crippen molar-refractivity contribution in [2.75, 3.05) is 26.7 Å². The third kappa shape index (κ3) is 7.71. The second-order valence-electron chi connectivity index (χ2n) is 6.94. The summed E-state index contributed by atoms with van der Waals surface area (Å²) in [6.45, 7) is 5.07. The molecule has 3 rings (SSSR count). The van der Waals surface area contributed by atoms with Crippen molar-refractivity contribution in [2.45, 2.75) is 38.4 Å². The Labute approximate surface area is 193 Å². The van der Waals surface area contributed by atoms with Gasteiger partial charge in [0.1, 0.15) is 0 Å². The van der Waals surface area contributed by atoms with Crippen molar-refractivity contribution in [1.82, 2.24) is 25.3 Å². The van der Waals surface area contributed by atoms with Crippen LogP contribution in [0.15, 0.2) is 52.2 Å². The van der Waals surface area contributed by atoms with Gasteiger partial charge >= 0.3 is 0 Å². The van der Waals surface area contributed by atoms with Crippen LogP contribution in [0.25, 0.3) is 0 Å². The molecule has 2 heterocycles. The zero-order chi connectivity index (χ0) is 18.9. The molecule has 1 aromatic carbocycles. The van der Waals surface area contributed by atoms with Crippen LogP contribution in [0.4, 0.5) is 0 Å². The van der Waals surface area contributed by atoms with Crippen molar-refractivity contribution in [1.29, 1.82) is 0 Å². The Bertz CT molecular complexity index is 696. The standard InChI is InChI=1S/C20H29BrN6.HI/c1-22-20(23-10-2-12-27-13-3-11-24-27)25-19-8-14-26(15-9-19)16-17-4-6-18(21)7-5-17;/h3-7,11,13,19H,2,8-10,12,14-16H2,1H3,(H2,22,23,25);1H. The zero-order valence-electron chi connectivity index (χ0n) is 16.4. The van der Waals surface area contributed by atoms with Crippen molar-refractivity contribution >= 4 is 45.9 Å². The fourth-order valence-corrected chi connectivity index (χ4v) is 3.62. The first-order valence-corrected chi connectivity index (χ1v) is 10.4. The van der Waals surface area contributed by atoms with Crippen molar-refractivity contribution in [3.63, 3.8) is 0 Å². The zero-order valence-corrected chi connectivity index (χ0v) is 20.3. The molecule has 6 nitrogen and oxygen atoms in total. The van der Waals surface area contributed by atoms with Gasteiger partial charge in [-0.3, -0.25) is 14.6 Å². The highest BCUT2D eigenvalue weighted by molar-refractivity contribution is 14.0. The first kappa shape index (κ1) is 23.2. The predicted octanol–water partition coefficient (Wildman–Crippen LogP) is 3.48. The molecule has 0 spiro atoms. The lowest BCUT2D eigenvalue weighted by Gasteiger charge is -2.33. The third-order valence-electron chi connectivity index (χ3n) is 4.89. The van der Waals surface area contributed by atoms with Crippen LogP contribution in [0, 0.1) is 0 Å². The summed E-state index contributed by atoms with van der Waals surface area (Å²) in [4.78, 5) is 6.90. The Balaban J connectivity index is 0.00000280. The lowest BCUT2D eigenvalue weighted by atomic mass is 10.0. The van der Waals surface area contributed by atoms with Crippen LogP contribution in [0.1, 0.15) is 24.8 Å². The molecule has 2 N–H and O–H groups in total. The van der Waals surface area contributed by atoms with E-state index in [2.05, 4.69) is 65.8 Å². The highest BCUT2D eigenvalue weighted by atomic mass is 127. The molecule has 8 heteroatoms. The maximum atomic E-state index is 4.37. The highest BCUT2D eigenvalue weighted by Crippen LogP contribution is 2.16. The maximum absolute atomic E-state index is 4.37. The van der Waals surface area contributed by atoms with E-state index in [0.29, 0.717) is 6.04 Å². The van der Waals surface area contributed by atoms with E-state index in [1.807, 2.05) is 30.2 Å². The van der Waals surface area contributed by atoms with Gasteiger partial charge in [-0.05, 0) is 43.0 Å². The van der Waals surface area contributed by atoms with Crippen LogP contribution >= 0.6 is 39.9 Å². The van der Waals surface area contributed by atoms with E-state index in [0.717, 1.165) is 62.4 Å². The molecule has 1 saturated heterocycles. The number of halogens is 2. The molecule has 1 aromatic heterocycles. The van der Waals surface area contributed by atoms with E-state index in [9.17, 15) is 0 Å². The molecule has 154 valence electrons. The number of aryl methyl sites for hydroxylation is 1. The SMILES string of the molecule is CN=C(NCCCn1cccn1)NC1CCN(Cc2ccc(Br)cc2)CC1.I. The maximum Gasteiger partial charge on any atom is 0.191 e. The molecular formula is C20H30BrIN6. The number of aromatic nitrogens is 2. The highest BCUT2D eigenvalue weighted by Gasteiger charge is 2.19. The lowest BCUT2D eigenvalue weighted by molar-refractivity contribution is 0.198. The van der Waals surface area contributed by atoms with Gasteiger partial charge in [-0.25, -0.2) is 0 Å². The second-order valence-corrected chi connectivity index (χ2v) is 7.86. The molecule has 0 amide bonds. The molecular weight excluding hydrogens is 531 g/mol. The number of piperidine rings is 1. The number of hydrogen-bond acceptors (Lipinski definition) is 3. The summed E-state index contributed by atoms with van der Waals surface area (Å²) in [5.74, 6) is 0.904. The number of guanidine groups is 1. The Morgan fingerprint density at radius 1 is 1.25 bits per heavy atom. The van der Waals surface area contributed by atoms with E-state index >= 15 is 0 Å². The average molecular weight is 561 g/mol. The van der Waals surface area contributed by atoms with Crippen LogP contribution in [0.5, 0.6) is 0 Å². The Morgan fingerprint density at radius 3 is 2.64 bits per heavy atom. The molecule has 0 aliphatic carbocycles. The summed E-state index contributed by atoms with van der Waals surface area (Å²) in [5.41, 5.74) is 1.37. The van der Waals surface area contributed by atoms with Crippen LogP contribution in [0.2, 0.25) is 0 Å². The van der Waals surface area contributed by atoms with E-state index in [1.54, 1.807) is 0 Å². The van der Waals surface area contributed by atoms with Gasteiger partial charge in [0, 0.05) is 62.7 Å². The topological polar surface area (TPSA) is 57.5 Å². The van der Waals surface area contributed by atoms with E-state index in [-0.39, 0.29) is 24.0 Å². The molecule has 0 atom stereocenters. The summed E-state index contributed by atoms with van der Waals surface area (Å²) >= 11 is 3.50. The van der Waals surface area contributed by atoms with Crippen molar-refractivity contribution in [3.05, 3.63) is 52.8 Å². The molecule has 2 aromatic rings. The molecule has 0 unspecified atom stereocenters. The van der Waals surface area contributed by atoms with Crippen LogP contribution in [-0.4, -0.2) is 53.4 Å². The number of aliphatic imine (C=N–C) groups is 1. The van der Waals surface area contributed by atoms with E-state index < -0.39 is 0 Å². The number of nitrogens with zero attached hydrogens (tertiary/aromatic N) is 4. The smallest absolute Gasteiger partial charge is 0.191 e. The number of benzene rings is 1. The fourth-order valence-electron chi connectivity index (χ4n) is 3.35. The minimum Gasteiger partial charge on any atom is -0.356 e. The van der Waals surface area contributed by atoms with Gasteiger partial charge in [0.25, 0.3) is 0 Å². The van der Waals surface area contributed by atoms with Gasteiger partial charge in [-0.2, -0.15) is 5.10 Å². The summed E-state index contributed by atoms with van der Waals surface area (Å²) < 4.78 is 3.09. The van der Waals surface area contributed by atoms with Crippen molar-refractivity contribution in [2.24, 2.45) is 4.99 Å². The molecule has 0 radical (unpaired) electrons. The normalized spacial score (nSPS) is 15.9. The van der Waals surface area contributed by atoms with E-state index in [1.165, 1.54) is 5.56 Å². The number of hydrogen-bond donors (Lipinski definition) is 2. The largest absolute Gasteiger partial charge is 0.356 e. The van der Waals surface area contributed by atoms with Gasteiger partial charge in [-0.1, -0.05) is 28.1 Å². The Hall–Kier alpha value is -1.13. The quantitative estimate of drug-likeness (QED) is 0.236. The summed E-state index contributed by atoms with van der Waals surface area (Å²) in [6, 6.07) is 11.1. The second kappa shape index (κ2) is 12.4. The average Bonchev–Trinajstić information content (AvgIpc) is 3.21. The minimum absolute atomic E-state index is 0. The summed E-state index contributed by atoms with van der Waals surface area (Å²) in [5, 5.41) is 11.2. The minimum atomic E-state index is 0. The van der Waals surface area contributed by atoms with Gasteiger partial charge in [0.15, 0.2) is 5.96 Å². The monoisotopic (exact) mass is 560 g/mol. The Morgan fingerprint density at radius 2 is 2.00 bits per heavy atom. The van der Waals surface area contributed by atoms with Crippen molar-refractivity contribution < 1.29 is 0 Å². The van der Waals surface area contributed by atoms with Gasteiger partial charge in [-0.15, -0.1) is 24.0 Å². The number of likely N-dealkylation sites (tertiary alicyclic amines) is 1. The third-order valence-corrected chi connectivity index (χ3v) is 5.42. The Kier molecular flexibility index (Phi) is 10.3. The van der Waals surface area contributed by atoms with Gasteiger partial charge in [0.2, 0.25) is 0 Å². The molecule has 0 saturated carbocycles. The van der Waals surface area contributed by atoms with Crippen LogP contribution < -0.4 is 10.6 Å². The molecule has 1 aliphatic rings. The fraction of sp³-hybridized carbons (Fsp3) is 0.500. The van der Waals surface area contributed by atoms with Crippen LogP contribution in [0.3, 0.4) is 0 Å². The molecule has 1 fully saturated rings. The first-order chi connectivity index (χ1) is 13.2. The van der Waals surface area contributed by atoms with Crippen LogP contribution in [-0.2, 0) is 13.1 Å². The molecule has 0 bridgehead atoms. The molecule has 28 heavy (non-hydrogen) atoms. The molecule has 1 aliphatic heterocycles. The first-order valence-electron chi connectivity index (χ1n) is 9.64. The van der Waals surface area contributed by atoms with E-state index in [4.69, 9.17) is 0 Å². The number of nitrogens with one attached hydrogen (secondary N) is 2. The van der Waals surface area contributed by atoms with Gasteiger partial charge in [0.05, 0.1) is 0 Å². The van der Waals surface area contributed by atoms with Gasteiger partial charge < -0.3 is 10.6 Å².